The van der Waals surface area contributed by atoms with Gasteiger partial charge in [0.05, 0.1) is 21.6 Å². The summed E-state index contributed by atoms with van der Waals surface area (Å²) in [6.45, 7) is 0.680. The SMILES string of the molecule is O=[N+]([O-])c1ccc(CNCc2ccccn2)c([N+](=O)[O-])c1. The number of aromatic nitrogens is 1. The summed E-state index contributed by atoms with van der Waals surface area (Å²) >= 11 is 0. The van der Waals surface area contributed by atoms with Crippen LogP contribution in [-0.4, -0.2) is 14.8 Å². The molecular formula is C13H12N4O4. The number of pyridine rings is 1. The van der Waals surface area contributed by atoms with Crippen molar-refractivity contribution in [2.24, 2.45) is 0 Å². The minimum absolute atomic E-state index is 0.227. The minimum Gasteiger partial charge on any atom is -0.307 e. The number of benzene rings is 1. The van der Waals surface area contributed by atoms with Gasteiger partial charge in [0.25, 0.3) is 11.4 Å². The maximum Gasteiger partial charge on any atom is 0.280 e. The summed E-state index contributed by atoms with van der Waals surface area (Å²) in [5.41, 5.74) is 0.636. The highest BCUT2D eigenvalue weighted by Crippen LogP contribution is 2.24. The number of rotatable bonds is 6. The summed E-state index contributed by atoms with van der Waals surface area (Å²) in [7, 11) is 0. The van der Waals surface area contributed by atoms with Crippen LogP contribution in [0.1, 0.15) is 11.3 Å². The van der Waals surface area contributed by atoms with Crippen molar-refractivity contribution < 1.29 is 9.85 Å². The van der Waals surface area contributed by atoms with Crippen LogP contribution in [0, 0.1) is 20.2 Å². The third-order valence-corrected chi connectivity index (χ3v) is 2.82. The Bertz CT molecular complexity index is 660. The molecule has 1 aromatic carbocycles. The van der Waals surface area contributed by atoms with Crippen LogP contribution in [0.15, 0.2) is 42.6 Å². The van der Waals surface area contributed by atoms with E-state index in [4.69, 9.17) is 0 Å². The predicted molar refractivity (Wildman–Crippen MR) is 74.5 cm³/mol. The van der Waals surface area contributed by atoms with Gasteiger partial charge in [-0.3, -0.25) is 25.2 Å². The smallest absolute Gasteiger partial charge is 0.280 e. The third-order valence-electron chi connectivity index (χ3n) is 2.82. The number of nitrogens with one attached hydrogen (secondary N) is 1. The zero-order chi connectivity index (χ0) is 15.2. The lowest BCUT2D eigenvalue weighted by molar-refractivity contribution is -0.394. The molecule has 8 nitrogen and oxygen atoms in total. The molecule has 0 spiro atoms. The maximum atomic E-state index is 11.0. The van der Waals surface area contributed by atoms with Gasteiger partial charge in [-0.2, -0.15) is 0 Å². The number of hydrogen-bond donors (Lipinski definition) is 1. The van der Waals surface area contributed by atoms with Crippen LogP contribution < -0.4 is 5.32 Å². The Kier molecular flexibility index (Phi) is 4.52. The molecule has 0 atom stereocenters. The Balaban J connectivity index is 2.09. The fourth-order valence-electron chi connectivity index (χ4n) is 1.81. The number of nitrogens with zero attached hydrogens (tertiary/aromatic N) is 3. The first-order valence-corrected chi connectivity index (χ1v) is 6.10. The van der Waals surface area contributed by atoms with Crippen LogP contribution in [0.3, 0.4) is 0 Å². The van der Waals surface area contributed by atoms with E-state index in [9.17, 15) is 20.2 Å². The predicted octanol–water partition coefficient (Wildman–Crippen LogP) is 2.19. The van der Waals surface area contributed by atoms with Crippen LogP contribution in [-0.2, 0) is 13.1 Å². The molecule has 0 bridgehead atoms. The van der Waals surface area contributed by atoms with E-state index in [1.807, 2.05) is 12.1 Å². The van der Waals surface area contributed by atoms with Gasteiger partial charge in [0, 0.05) is 30.9 Å². The molecule has 2 aromatic rings. The minimum atomic E-state index is -0.655. The quantitative estimate of drug-likeness (QED) is 0.644. The Morgan fingerprint density at radius 3 is 2.48 bits per heavy atom. The molecule has 8 heteroatoms. The molecule has 0 aliphatic carbocycles. The number of nitro benzene ring substituents is 2. The van der Waals surface area contributed by atoms with Crippen molar-refractivity contribution in [3.63, 3.8) is 0 Å². The summed E-state index contributed by atoms with van der Waals surface area (Å²) in [5, 5.41) is 24.6. The Morgan fingerprint density at radius 2 is 1.86 bits per heavy atom. The van der Waals surface area contributed by atoms with Gasteiger partial charge in [0.1, 0.15) is 0 Å². The van der Waals surface area contributed by atoms with Crippen LogP contribution >= 0.6 is 0 Å². The lowest BCUT2D eigenvalue weighted by Crippen LogP contribution is -2.14. The highest BCUT2D eigenvalue weighted by molar-refractivity contribution is 5.49. The summed E-state index contributed by atoms with van der Waals surface area (Å²) in [4.78, 5) is 24.5. The van der Waals surface area contributed by atoms with Gasteiger partial charge in [0.2, 0.25) is 0 Å². The van der Waals surface area contributed by atoms with E-state index in [0.717, 1.165) is 11.8 Å². The standard InChI is InChI=1S/C13H12N4O4/c18-16(19)12-5-4-10(13(7-12)17(20)21)8-14-9-11-3-1-2-6-15-11/h1-7,14H,8-9H2. The van der Waals surface area contributed by atoms with Crippen LogP contribution in [0.5, 0.6) is 0 Å². The van der Waals surface area contributed by atoms with Crippen molar-refractivity contribution in [1.29, 1.82) is 0 Å². The van der Waals surface area contributed by atoms with Crippen molar-refractivity contribution in [3.8, 4) is 0 Å². The number of non-ortho nitro benzene ring substituents is 1. The molecule has 0 aliphatic heterocycles. The summed E-state index contributed by atoms with van der Waals surface area (Å²) in [6, 6.07) is 9.09. The fraction of sp³-hybridized carbons (Fsp3) is 0.154. The average molecular weight is 288 g/mol. The fourth-order valence-corrected chi connectivity index (χ4v) is 1.81. The summed E-state index contributed by atoms with van der Waals surface area (Å²) in [5.74, 6) is 0. The van der Waals surface area contributed by atoms with E-state index in [-0.39, 0.29) is 17.9 Å². The number of hydrogen-bond acceptors (Lipinski definition) is 6. The second-order valence-electron chi connectivity index (χ2n) is 4.25. The van der Waals surface area contributed by atoms with Crippen molar-refractivity contribution in [2.75, 3.05) is 0 Å². The van der Waals surface area contributed by atoms with Gasteiger partial charge in [-0.15, -0.1) is 0 Å². The van der Waals surface area contributed by atoms with Gasteiger partial charge in [-0.1, -0.05) is 6.07 Å². The molecule has 0 saturated carbocycles. The Labute approximate surface area is 119 Å². The summed E-state index contributed by atoms with van der Waals surface area (Å²) in [6.07, 6.45) is 1.66. The van der Waals surface area contributed by atoms with Crippen LogP contribution in [0.4, 0.5) is 11.4 Å². The van der Waals surface area contributed by atoms with Gasteiger partial charge in [0.15, 0.2) is 0 Å². The van der Waals surface area contributed by atoms with Gasteiger partial charge in [-0.25, -0.2) is 0 Å². The molecule has 1 aromatic heterocycles. The molecule has 0 radical (unpaired) electrons. The maximum absolute atomic E-state index is 11.0. The van der Waals surface area contributed by atoms with E-state index in [1.54, 1.807) is 12.3 Å². The van der Waals surface area contributed by atoms with Crippen molar-refractivity contribution in [1.82, 2.24) is 10.3 Å². The second kappa shape index (κ2) is 6.53. The summed E-state index contributed by atoms with van der Waals surface area (Å²) < 4.78 is 0. The molecule has 0 amide bonds. The topological polar surface area (TPSA) is 111 Å². The van der Waals surface area contributed by atoms with Gasteiger partial charge < -0.3 is 5.32 Å². The largest absolute Gasteiger partial charge is 0.307 e. The van der Waals surface area contributed by atoms with E-state index in [0.29, 0.717) is 12.1 Å². The highest BCUT2D eigenvalue weighted by Gasteiger charge is 2.18. The molecule has 1 heterocycles. The van der Waals surface area contributed by atoms with Crippen molar-refractivity contribution in [3.05, 3.63) is 74.1 Å². The lowest BCUT2D eigenvalue weighted by Gasteiger charge is -2.05. The first-order valence-electron chi connectivity index (χ1n) is 6.10. The normalized spacial score (nSPS) is 10.3. The molecular weight excluding hydrogens is 276 g/mol. The van der Waals surface area contributed by atoms with E-state index in [2.05, 4.69) is 10.3 Å². The molecule has 1 N–H and O–H groups in total. The van der Waals surface area contributed by atoms with Crippen molar-refractivity contribution >= 4 is 11.4 Å². The average Bonchev–Trinajstić information content (AvgIpc) is 2.48. The monoisotopic (exact) mass is 288 g/mol. The molecule has 0 aliphatic rings. The van der Waals surface area contributed by atoms with E-state index < -0.39 is 9.85 Å². The van der Waals surface area contributed by atoms with Crippen LogP contribution in [0.25, 0.3) is 0 Å². The first kappa shape index (κ1) is 14.5. The molecule has 21 heavy (non-hydrogen) atoms. The van der Waals surface area contributed by atoms with E-state index >= 15 is 0 Å². The molecule has 0 unspecified atom stereocenters. The molecule has 108 valence electrons. The zero-order valence-corrected chi connectivity index (χ0v) is 10.9. The second-order valence-corrected chi connectivity index (χ2v) is 4.25. The number of nitro groups is 2. The highest BCUT2D eigenvalue weighted by atomic mass is 16.6. The van der Waals surface area contributed by atoms with Crippen molar-refractivity contribution in [2.45, 2.75) is 13.1 Å². The molecule has 0 fully saturated rings. The van der Waals surface area contributed by atoms with Crippen LogP contribution in [0.2, 0.25) is 0 Å². The Morgan fingerprint density at radius 1 is 1.05 bits per heavy atom. The Hall–Kier alpha value is -2.87. The van der Waals surface area contributed by atoms with E-state index in [1.165, 1.54) is 12.1 Å². The third kappa shape index (κ3) is 3.80. The van der Waals surface area contributed by atoms with Gasteiger partial charge >= 0.3 is 0 Å². The molecule has 2 rings (SSSR count). The zero-order valence-electron chi connectivity index (χ0n) is 10.9. The lowest BCUT2D eigenvalue weighted by atomic mass is 10.1. The molecule has 0 saturated heterocycles. The first-order chi connectivity index (χ1) is 10.1. The van der Waals surface area contributed by atoms with Gasteiger partial charge in [-0.05, 0) is 18.2 Å².